The van der Waals surface area contributed by atoms with Gasteiger partial charge in [-0.05, 0) is 24.3 Å². The normalized spacial score (nSPS) is 12.5. The van der Waals surface area contributed by atoms with Crippen molar-refractivity contribution in [1.82, 2.24) is 0 Å². The van der Waals surface area contributed by atoms with Crippen molar-refractivity contribution >= 4 is 21.9 Å². The van der Waals surface area contributed by atoms with Gasteiger partial charge in [0.1, 0.15) is 5.75 Å². The molecule has 1 N–H and O–H groups in total. The molecule has 0 unspecified atom stereocenters. The Bertz CT molecular complexity index is 332. The van der Waals surface area contributed by atoms with Crippen LogP contribution in [0.2, 0.25) is 0 Å². The maximum absolute atomic E-state index is 10.9. The van der Waals surface area contributed by atoms with Gasteiger partial charge in [-0.3, -0.25) is 0 Å². The molecule has 0 saturated carbocycles. The number of halogens is 1. The maximum Gasteiger partial charge on any atom is 0.345 e. The summed E-state index contributed by atoms with van der Waals surface area (Å²) in [6, 6.07) is 7.11. The number of benzene rings is 1. The van der Waals surface area contributed by atoms with Crippen molar-refractivity contribution in [2.45, 2.75) is 20.0 Å². The molecule has 0 amide bonds. The Morgan fingerprint density at radius 1 is 1.33 bits per heavy atom. The summed E-state index contributed by atoms with van der Waals surface area (Å²) in [6.45, 7) is 3.63. The van der Waals surface area contributed by atoms with Crippen LogP contribution in [0, 0.1) is 5.92 Å². The predicted octanol–water partition coefficient (Wildman–Crippen LogP) is 2.94. The second-order valence-electron chi connectivity index (χ2n) is 3.57. The van der Waals surface area contributed by atoms with Crippen LogP contribution >= 0.6 is 15.9 Å². The van der Waals surface area contributed by atoms with Crippen LogP contribution in [0.3, 0.4) is 0 Å². The summed E-state index contributed by atoms with van der Waals surface area (Å²) >= 11 is 3.30. The van der Waals surface area contributed by atoms with E-state index in [0.29, 0.717) is 5.75 Å². The van der Waals surface area contributed by atoms with E-state index in [0.717, 1.165) is 4.47 Å². The Labute approximate surface area is 97.2 Å². The lowest BCUT2D eigenvalue weighted by atomic mass is 10.1. The zero-order valence-electron chi connectivity index (χ0n) is 8.61. The van der Waals surface area contributed by atoms with Crippen LogP contribution in [-0.2, 0) is 4.79 Å². The number of hydrogen-bond acceptors (Lipinski definition) is 2. The molecule has 15 heavy (non-hydrogen) atoms. The highest BCUT2D eigenvalue weighted by atomic mass is 79.9. The maximum atomic E-state index is 10.9. The molecule has 82 valence electrons. The molecule has 1 atom stereocenters. The average molecular weight is 273 g/mol. The van der Waals surface area contributed by atoms with Crippen LogP contribution in [0.1, 0.15) is 13.8 Å². The van der Waals surface area contributed by atoms with Gasteiger partial charge in [0, 0.05) is 10.4 Å². The van der Waals surface area contributed by atoms with Crippen LogP contribution in [-0.4, -0.2) is 17.2 Å². The molecule has 0 aliphatic rings. The van der Waals surface area contributed by atoms with Crippen molar-refractivity contribution in [3.63, 3.8) is 0 Å². The van der Waals surface area contributed by atoms with Gasteiger partial charge in [-0.15, -0.1) is 0 Å². The summed E-state index contributed by atoms with van der Waals surface area (Å²) in [5, 5.41) is 8.93. The van der Waals surface area contributed by atoms with E-state index in [1.54, 1.807) is 12.1 Å². The summed E-state index contributed by atoms with van der Waals surface area (Å²) in [5.41, 5.74) is 0. The monoisotopic (exact) mass is 272 g/mol. The Balaban J connectivity index is 2.74. The lowest BCUT2D eigenvalue weighted by Gasteiger charge is -2.18. The molecule has 0 spiro atoms. The molecular formula is C11H13BrO3. The lowest BCUT2D eigenvalue weighted by Crippen LogP contribution is -2.32. The van der Waals surface area contributed by atoms with Gasteiger partial charge in [0.2, 0.25) is 0 Å². The summed E-state index contributed by atoms with van der Waals surface area (Å²) in [5.74, 6) is -0.432. The van der Waals surface area contributed by atoms with Crippen molar-refractivity contribution in [2.24, 2.45) is 5.92 Å². The van der Waals surface area contributed by atoms with E-state index in [2.05, 4.69) is 15.9 Å². The zero-order chi connectivity index (χ0) is 11.4. The molecule has 0 aliphatic heterocycles. The van der Waals surface area contributed by atoms with Gasteiger partial charge >= 0.3 is 5.97 Å². The highest BCUT2D eigenvalue weighted by Crippen LogP contribution is 2.19. The van der Waals surface area contributed by atoms with Crippen LogP contribution < -0.4 is 4.74 Å². The van der Waals surface area contributed by atoms with Crippen LogP contribution in [0.25, 0.3) is 0 Å². The molecule has 0 aromatic heterocycles. The first kappa shape index (κ1) is 12.0. The fourth-order valence-corrected chi connectivity index (χ4v) is 1.40. The van der Waals surface area contributed by atoms with E-state index in [-0.39, 0.29) is 5.92 Å². The first-order valence-electron chi connectivity index (χ1n) is 4.65. The SMILES string of the molecule is CC(C)[C@H](Oc1ccc(Br)cc1)C(=O)O. The highest BCUT2D eigenvalue weighted by Gasteiger charge is 2.23. The van der Waals surface area contributed by atoms with Crippen LogP contribution in [0.5, 0.6) is 5.75 Å². The molecular weight excluding hydrogens is 260 g/mol. The average Bonchev–Trinajstić information content (AvgIpc) is 2.15. The minimum atomic E-state index is -0.937. The van der Waals surface area contributed by atoms with E-state index >= 15 is 0 Å². The lowest BCUT2D eigenvalue weighted by molar-refractivity contribution is -0.147. The summed E-state index contributed by atoms with van der Waals surface area (Å²) < 4.78 is 6.31. The summed E-state index contributed by atoms with van der Waals surface area (Å²) in [4.78, 5) is 10.9. The smallest absolute Gasteiger partial charge is 0.345 e. The van der Waals surface area contributed by atoms with Gasteiger partial charge < -0.3 is 9.84 Å². The molecule has 1 aromatic rings. The quantitative estimate of drug-likeness (QED) is 0.917. The van der Waals surface area contributed by atoms with Gasteiger partial charge in [0.05, 0.1) is 0 Å². The second kappa shape index (κ2) is 5.16. The van der Waals surface area contributed by atoms with E-state index in [9.17, 15) is 4.79 Å². The fraction of sp³-hybridized carbons (Fsp3) is 0.364. The predicted molar refractivity (Wildman–Crippen MR) is 61.0 cm³/mol. The number of aliphatic carboxylic acids is 1. The van der Waals surface area contributed by atoms with E-state index < -0.39 is 12.1 Å². The number of ether oxygens (including phenoxy) is 1. The van der Waals surface area contributed by atoms with Crippen molar-refractivity contribution in [3.05, 3.63) is 28.7 Å². The molecule has 3 nitrogen and oxygen atoms in total. The standard InChI is InChI=1S/C11H13BrO3/c1-7(2)10(11(13)14)15-9-5-3-8(12)4-6-9/h3-7,10H,1-2H3,(H,13,14)/t10-/m0/s1. The Morgan fingerprint density at radius 3 is 2.27 bits per heavy atom. The number of rotatable bonds is 4. The number of carbonyl (C=O) groups is 1. The van der Waals surface area contributed by atoms with Crippen molar-refractivity contribution in [3.8, 4) is 5.75 Å². The van der Waals surface area contributed by atoms with E-state index in [4.69, 9.17) is 9.84 Å². The second-order valence-corrected chi connectivity index (χ2v) is 4.49. The molecule has 1 aromatic carbocycles. The van der Waals surface area contributed by atoms with Crippen LogP contribution in [0.15, 0.2) is 28.7 Å². The minimum absolute atomic E-state index is 0.0638. The van der Waals surface area contributed by atoms with Crippen molar-refractivity contribution in [1.29, 1.82) is 0 Å². The third kappa shape index (κ3) is 3.55. The number of hydrogen-bond donors (Lipinski definition) is 1. The van der Waals surface area contributed by atoms with Crippen LogP contribution in [0.4, 0.5) is 0 Å². The molecule has 0 bridgehead atoms. The van der Waals surface area contributed by atoms with Gasteiger partial charge in [-0.25, -0.2) is 4.79 Å². The first-order valence-corrected chi connectivity index (χ1v) is 5.45. The van der Waals surface area contributed by atoms with Gasteiger partial charge in [-0.1, -0.05) is 29.8 Å². The first-order chi connectivity index (χ1) is 7.00. The Hall–Kier alpha value is -1.03. The van der Waals surface area contributed by atoms with Crippen molar-refractivity contribution < 1.29 is 14.6 Å². The molecule has 1 rings (SSSR count). The van der Waals surface area contributed by atoms with Gasteiger partial charge in [-0.2, -0.15) is 0 Å². The molecule has 0 radical (unpaired) electrons. The third-order valence-electron chi connectivity index (χ3n) is 1.93. The molecule has 0 saturated heterocycles. The van der Waals surface area contributed by atoms with Gasteiger partial charge in [0.15, 0.2) is 6.10 Å². The van der Waals surface area contributed by atoms with E-state index in [1.807, 2.05) is 26.0 Å². The molecule has 0 aliphatic carbocycles. The Morgan fingerprint density at radius 2 is 1.87 bits per heavy atom. The highest BCUT2D eigenvalue weighted by molar-refractivity contribution is 9.10. The molecule has 4 heteroatoms. The van der Waals surface area contributed by atoms with E-state index in [1.165, 1.54) is 0 Å². The zero-order valence-corrected chi connectivity index (χ0v) is 10.2. The largest absolute Gasteiger partial charge is 0.478 e. The molecule has 0 heterocycles. The third-order valence-corrected chi connectivity index (χ3v) is 2.45. The van der Waals surface area contributed by atoms with Gasteiger partial charge in [0.25, 0.3) is 0 Å². The Kier molecular flexibility index (Phi) is 4.15. The van der Waals surface area contributed by atoms with Crippen molar-refractivity contribution in [2.75, 3.05) is 0 Å². The minimum Gasteiger partial charge on any atom is -0.478 e. The fourth-order valence-electron chi connectivity index (χ4n) is 1.13. The topological polar surface area (TPSA) is 46.5 Å². The molecule has 0 fully saturated rings. The summed E-state index contributed by atoms with van der Waals surface area (Å²) in [6.07, 6.45) is -0.800. The number of carboxylic acids is 1. The number of carboxylic acid groups (broad SMARTS) is 1. The summed E-state index contributed by atoms with van der Waals surface area (Å²) in [7, 11) is 0.